The molecule has 218 valence electrons. The second-order valence-corrected chi connectivity index (χ2v) is 12.4. The van der Waals surface area contributed by atoms with Crippen LogP contribution in [0.15, 0.2) is 60.9 Å². The lowest BCUT2D eigenvalue weighted by Gasteiger charge is -2.25. The predicted molar refractivity (Wildman–Crippen MR) is 168 cm³/mol. The molecule has 3 rings (SSSR count). The van der Waals surface area contributed by atoms with Crippen LogP contribution in [-0.4, -0.2) is 31.8 Å². The number of aromatic nitrogens is 1. The van der Waals surface area contributed by atoms with Crippen LogP contribution in [0.3, 0.4) is 0 Å². The Bertz CT molecular complexity index is 1270. The van der Waals surface area contributed by atoms with E-state index >= 15 is 0 Å². The fraction of sp³-hybridized carbons (Fsp3) is 0.500. The van der Waals surface area contributed by atoms with Crippen molar-refractivity contribution in [2.24, 2.45) is 0 Å². The molecular weight excluding hydrogens is 516 g/mol. The van der Waals surface area contributed by atoms with E-state index in [-0.39, 0.29) is 5.75 Å². The zero-order valence-corrected chi connectivity index (χ0v) is 25.4. The van der Waals surface area contributed by atoms with Crippen molar-refractivity contribution < 1.29 is 17.5 Å². The monoisotopic (exact) mass is 564 g/mol. The molecule has 0 bridgehead atoms. The van der Waals surface area contributed by atoms with Crippen molar-refractivity contribution in [2.45, 2.75) is 91.0 Å². The molecule has 0 saturated carbocycles. The number of hydrogen-bond donors (Lipinski definition) is 0. The highest BCUT2D eigenvalue weighted by atomic mass is 32.2. The maximum atomic E-state index is 10.8. The van der Waals surface area contributed by atoms with Crippen LogP contribution in [0.25, 0.3) is 22.9 Å². The molecule has 0 aliphatic carbocycles. The molecule has 0 aliphatic rings. The summed E-state index contributed by atoms with van der Waals surface area (Å²) in [7, 11) is -4.16. The Morgan fingerprint density at radius 1 is 0.700 bits per heavy atom. The molecule has 6 heteroatoms. The van der Waals surface area contributed by atoms with Crippen LogP contribution in [0.2, 0.25) is 0 Å². The number of pyridine rings is 1. The van der Waals surface area contributed by atoms with E-state index in [1.54, 1.807) is 0 Å². The van der Waals surface area contributed by atoms with E-state index in [4.69, 9.17) is 0 Å². The number of fused-ring (bicyclic) bond motifs is 1. The topological polar surface area (TPSA) is 64.3 Å². The summed E-state index contributed by atoms with van der Waals surface area (Å²) in [4.78, 5) is 2.60. The van der Waals surface area contributed by atoms with E-state index in [9.17, 15) is 13.0 Å². The van der Waals surface area contributed by atoms with E-state index in [1.807, 2.05) is 29.1 Å². The summed E-state index contributed by atoms with van der Waals surface area (Å²) in [6, 6.07) is 17.5. The number of rotatable bonds is 19. The summed E-state index contributed by atoms with van der Waals surface area (Å²) < 4.78 is 34.2. The van der Waals surface area contributed by atoms with Gasteiger partial charge in [0.05, 0.1) is 10.1 Å². The van der Waals surface area contributed by atoms with E-state index < -0.39 is 10.1 Å². The fourth-order valence-electron chi connectivity index (χ4n) is 5.08. The van der Waals surface area contributed by atoms with Gasteiger partial charge in [0.2, 0.25) is 0 Å². The summed E-state index contributed by atoms with van der Waals surface area (Å²) in [5, 5.41) is 2.52. The van der Waals surface area contributed by atoms with E-state index in [0.29, 0.717) is 13.0 Å². The summed E-state index contributed by atoms with van der Waals surface area (Å²) in [6.07, 6.45) is 21.4. The number of hydrogen-bond acceptors (Lipinski definition) is 4. The van der Waals surface area contributed by atoms with Crippen LogP contribution >= 0.6 is 0 Å². The lowest BCUT2D eigenvalue weighted by atomic mass is 10.0. The Labute approximate surface area is 242 Å². The highest BCUT2D eigenvalue weighted by Crippen LogP contribution is 2.25. The minimum atomic E-state index is -4.16. The van der Waals surface area contributed by atoms with E-state index in [0.717, 1.165) is 24.2 Å². The molecule has 0 amide bonds. The molecule has 0 fully saturated rings. The molecule has 1 aromatic heterocycles. The van der Waals surface area contributed by atoms with Gasteiger partial charge in [0.25, 0.3) is 0 Å². The van der Waals surface area contributed by atoms with Gasteiger partial charge in [-0.05, 0) is 52.9 Å². The number of anilines is 1. The van der Waals surface area contributed by atoms with Gasteiger partial charge >= 0.3 is 0 Å². The fourth-order valence-corrected chi connectivity index (χ4v) is 5.56. The van der Waals surface area contributed by atoms with Crippen LogP contribution in [0, 0.1) is 0 Å². The molecular formula is C34H48N2O3S. The van der Waals surface area contributed by atoms with Gasteiger partial charge in [-0.2, -0.15) is 0 Å². The quantitative estimate of drug-likeness (QED) is 0.0841. The normalized spacial score (nSPS) is 12.0. The molecule has 40 heavy (non-hydrogen) atoms. The molecule has 3 aromatic rings. The molecule has 0 spiro atoms. The standard InChI is InChI=1S/C34H48N2O3S/c1-3-5-7-9-11-23-36(24-12-10-8-6-4-2)34-19-18-32-28-31(16-17-33(32)29-34)15-14-30-20-25-35(26-21-30)22-13-27-40(37,38)39/h14-21,25-26,28-29H,3-13,22-24,27H2,1-2H3. The highest BCUT2D eigenvalue weighted by molar-refractivity contribution is 7.85. The van der Waals surface area contributed by atoms with Crippen molar-refractivity contribution in [3.8, 4) is 0 Å². The van der Waals surface area contributed by atoms with Crippen molar-refractivity contribution in [3.63, 3.8) is 0 Å². The van der Waals surface area contributed by atoms with Crippen molar-refractivity contribution in [1.29, 1.82) is 0 Å². The molecule has 0 saturated heterocycles. The zero-order valence-electron chi connectivity index (χ0n) is 24.6. The van der Waals surface area contributed by atoms with Gasteiger partial charge in [-0.3, -0.25) is 0 Å². The van der Waals surface area contributed by atoms with Gasteiger partial charge in [0, 0.05) is 43.1 Å². The molecule has 0 aliphatic heterocycles. The Kier molecular flexibility index (Phi) is 13.7. The molecule has 0 atom stereocenters. The Hall–Kier alpha value is -2.70. The first-order valence-corrected chi connectivity index (χ1v) is 16.8. The number of nitrogens with zero attached hydrogens (tertiary/aromatic N) is 2. The molecule has 2 aromatic carbocycles. The average Bonchev–Trinajstić information content (AvgIpc) is 2.94. The number of unbranched alkanes of at least 4 members (excludes halogenated alkanes) is 8. The second-order valence-electron chi connectivity index (χ2n) is 10.9. The third kappa shape index (κ3) is 11.8. The molecule has 0 unspecified atom stereocenters. The van der Waals surface area contributed by atoms with Crippen LogP contribution in [0.1, 0.15) is 95.6 Å². The molecule has 0 N–H and O–H groups in total. The first-order valence-electron chi connectivity index (χ1n) is 15.3. The van der Waals surface area contributed by atoms with Gasteiger partial charge in [0.15, 0.2) is 12.4 Å². The molecule has 0 radical (unpaired) electrons. The first kappa shape index (κ1) is 31.8. The van der Waals surface area contributed by atoms with Gasteiger partial charge in [-0.25, -0.2) is 13.0 Å². The largest absolute Gasteiger partial charge is 0.748 e. The average molecular weight is 565 g/mol. The van der Waals surface area contributed by atoms with Gasteiger partial charge < -0.3 is 9.45 Å². The van der Waals surface area contributed by atoms with Gasteiger partial charge in [-0.1, -0.05) is 95.6 Å². The van der Waals surface area contributed by atoms with Crippen molar-refractivity contribution in [2.75, 3.05) is 23.7 Å². The lowest BCUT2D eigenvalue weighted by molar-refractivity contribution is -0.696. The molecule has 5 nitrogen and oxygen atoms in total. The number of benzene rings is 2. The minimum Gasteiger partial charge on any atom is -0.748 e. The zero-order chi connectivity index (χ0) is 28.6. The van der Waals surface area contributed by atoms with Crippen LogP contribution in [0.4, 0.5) is 5.69 Å². The molecule has 1 heterocycles. The summed E-state index contributed by atoms with van der Waals surface area (Å²) in [6.45, 7) is 7.33. The summed E-state index contributed by atoms with van der Waals surface area (Å²) in [5.74, 6) is -0.332. The third-order valence-corrected chi connectivity index (χ3v) is 8.26. The van der Waals surface area contributed by atoms with Crippen molar-refractivity contribution in [1.82, 2.24) is 0 Å². The highest BCUT2D eigenvalue weighted by Gasteiger charge is 2.08. The lowest BCUT2D eigenvalue weighted by Crippen LogP contribution is -2.33. The van der Waals surface area contributed by atoms with Crippen molar-refractivity contribution >= 4 is 38.7 Å². The Morgan fingerprint density at radius 2 is 1.27 bits per heavy atom. The van der Waals surface area contributed by atoms with Crippen LogP contribution in [0.5, 0.6) is 0 Å². The first-order chi connectivity index (χ1) is 19.4. The van der Waals surface area contributed by atoms with Crippen molar-refractivity contribution in [3.05, 3.63) is 72.1 Å². The minimum absolute atomic E-state index is 0.320. The third-order valence-electron chi connectivity index (χ3n) is 7.47. The second kappa shape index (κ2) is 17.2. The summed E-state index contributed by atoms with van der Waals surface area (Å²) in [5.41, 5.74) is 3.56. The maximum Gasteiger partial charge on any atom is 0.169 e. The number of aryl methyl sites for hydroxylation is 1. The van der Waals surface area contributed by atoms with Crippen LogP contribution < -0.4 is 9.47 Å². The van der Waals surface area contributed by atoms with Gasteiger partial charge in [0.1, 0.15) is 6.54 Å². The maximum absolute atomic E-state index is 10.8. The Morgan fingerprint density at radius 3 is 1.90 bits per heavy atom. The van der Waals surface area contributed by atoms with E-state index in [1.165, 1.54) is 80.7 Å². The smallest absolute Gasteiger partial charge is 0.169 e. The SMILES string of the molecule is CCCCCCCN(CCCCCCC)c1ccc2cc(/C=C/c3cc[n+](CCCS(=O)(=O)[O-])cc3)ccc2c1. The Balaban J connectivity index is 1.62. The summed E-state index contributed by atoms with van der Waals surface area (Å²) >= 11 is 0. The predicted octanol–water partition coefficient (Wildman–Crippen LogP) is 7.98. The van der Waals surface area contributed by atoms with Gasteiger partial charge in [-0.15, -0.1) is 0 Å². The van der Waals surface area contributed by atoms with E-state index in [2.05, 4.69) is 67.3 Å². The van der Waals surface area contributed by atoms with Crippen LogP contribution in [-0.2, 0) is 16.7 Å².